The molecule has 0 atom stereocenters. The van der Waals surface area contributed by atoms with Gasteiger partial charge in [0.2, 0.25) is 0 Å². The summed E-state index contributed by atoms with van der Waals surface area (Å²) in [6.45, 7) is 8.85. The highest BCUT2D eigenvalue weighted by Crippen LogP contribution is 2.51. The van der Waals surface area contributed by atoms with Gasteiger partial charge in [-0.1, -0.05) is 153 Å². The molecule has 0 unspecified atom stereocenters. The van der Waals surface area contributed by atoms with Gasteiger partial charge in [-0.15, -0.1) is 0 Å². The Morgan fingerprint density at radius 3 is 1.33 bits per heavy atom. The molecule has 0 spiro atoms. The molecule has 0 aliphatic carbocycles. The second-order valence-corrected chi connectivity index (χ2v) is 12.7. The van der Waals surface area contributed by atoms with Crippen molar-refractivity contribution in [2.75, 3.05) is 4.90 Å². The zero-order valence-electron chi connectivity index (χ0n) is 27.8. The number of hydrogen-bond acceptors (Lipinski definition) is 4. The lowest BCUT2D eigenvalue weighted by molar-refractivity contribution is 0.632. The molecule has 0 bridgehead atoms. The van der Waals surface area contributed by atoms with E-state index in [1.165, 1.54) is 39.3 Å². The van der Waals surface area contributed by atoms with Crippen LogP contribution >= 0.6 is 0 Å². The van der Waals surface area contributed by atoms with Crippen LogP contribution in [0.5, 0.6) is 0 Å². The first-order valence-electron chi connectivity index (χ1n) is 16.4. The van der Waals surface area contributed by atoms with Crippen LogP contribution in [0, 0.1) is 13.8 Å². The van der Waals surface area contributed by atoms with Crippen molar-refractivity contribution in [3.05, 3.63) is 180 Å². The van der Waals surface area contributed by atoms with E-state index in [0.717, 1.165) is 16.7 Å². The van der Waals surface area contributed by atoms with Crippen molar-refractivity contribution in [3.63, 3.8) is 0 Å². The number of anilines is 3. The number of para-hydroxylation sites is 2. The maximum Gasteiger partial charge on any atom is 0.164 e. The average molecular weight is 623 g/mol. The number of hydrogen-bond donors (Lipinski definition) is 0. The molecule has 1 aromatic heterocycles. The monoisotopic (exact) mass is 622 g/mol. The summed E-state index contributed by atoms with van der Waals surface area (Å²) in [5.74, 6) is 2.06. The Balaban J connectivity index is 0.000000152. The minimum absolute atomic E-state index is 0.00745. The van der Waals surface area contributed by atoms with Crippen molar-refractivity contribution < 1.29 is 0 Å². The van der Waals surface area contributed by atoms with Gasteiger partial charge in [-0.2, -0.15) is 0 Å². The molecule has 6 aromatic carbocycles. The first-order chi connectivity index (χ1) is 23.4. The maximum atomic E-state index is 4.71. The fraction of sp³-hybridized carbons (Fsp3) is 0.114. The molecular formula is C44H38N4. The maximum absolute atomic E-state index is 4.71. The van der Waals surface area contributed by atoms with E-state index in [4.69, 9.17) is 15.0 Å². The van der Waals surface area contributed by atoms with Gasteiger partial charge in [-0.3, -0.25) is 0 Å². The van der Waals surface area contributed by atoms with Crippen LogP contribution in [0.2, 0.25) is 0 Å². The van der Waals surface area contributed by atoms with E-state index in [9.17, 15) is 0 Å². The van der Waals surface area contributed by atoms with Gasteiger partial charge in [0.1, 0.15) is 0 Å². The van der Waals surface area contributed by atoms with Crippen molar-refractivity contribution in [1.29, 1.82) is 0 Å². The molecule has 0 saturated heterocycles. The topological polar surface area (TPSA) is 41.9 Å². The van der Waals surface area contributed by atoms with E-state index < -0.39 is 0 Å². The van der Waals surface area contributed by atoms with Crippen molar-refractivity contribution >= 4 is 17.1 Å². The summed E-state index contributed by atoms with van der Waals surface area (Å²) < 4.78 is 0. The Morgan fingerprint density at radius 2 is 0.854 bits per heavy atom. The number of benzene rings is 6. The molecule has 0 radical (unpaired) electrons. The fourth-order valence-electron chi connectivity index (χ4n) is 6.35. The fourth-order valence-corrected chi connectivity index (χ4v) is 6.35. The van der Waals surface area contributed by atoms with Crippen molar-refractivity contribution in [2.24, 2.45) is 0 Å². The van der Waals surface area contributed by atoms with Crippen LogP contribution in [0.3, 0.4) is 0 Å². The van der Waals surface area contributed by atoms with E-state index in [1.54, 1.807) is 0 Å². The summed E-state index contributed by atoms with van der Waals surface area (Å²) in [6, 6.07) is 54.5. The summed E-state index contributed by atoms with van der Waals surface area (Å²) in [7, 11) is 0. The Hall–Kier alpha value is -5.87. The molecule has 48 heavy (non-hydrogen) atoms. The lowest BCUT2D eigenvalue weighted by Crippen LogP contribution is -2.30. The van der Waals surface area contributed by atoms with Crippen LogP contribution < -0.4 is 4.90 Å². The number of fused-ring (bicyclic) bond motifs is 2. The molecule has 0 N–H and O–H groups in total. The van der Waals surface area contributed by atoms with Gasteiger partial charge < -0.3 is 4.90 Å². The summed E-state index contributed by atoms with van der Waals surface area (Å²) in [4.78, 5) is 16.5. The van der Waals surface area contributed by atoms with Crippen molar-refractivity contribution in [1.82, 2.24) is 15.0 Å². The predicted octanol–water partition coefficient (Wildman–Crippen LogP) is 11.3. The van der Waals surface area contributed by atoms with E-state index in [0.29, 0.717) is 17.5 Å². The van der Waals surface area contributed by atoms with Gasteiger partial charge >= 0.3 is 0 Å². The van der Waals surface area contributed by atoms with Crippen molar-refractivity contribution in [3.8, 4) is 34.2 Å². The van der Waals surface area contributed by atoms with Crippen LogP contribution in [0.15, 0.2) is 158 Å². The number of rotatable bonds is 4. The molecule has 1 aliphatic rings. The zero-order valence-corrected chi connectivity index (χ0v) is 27.8. The largest absolute Gasteiger partial charge is 0.310 e. The molecule has 7 aromatic rings. The molecule has 4 nitrogen and oxygen atoms in total. The van der Waals surface area contributed by atoms with Crippen molar-refractivity contribution in [2.45, 2.75) is 33.1 Å². The molecule has 0 saturated carbocycles. The molecule has 8 rings (SSSR count). The van der Waals surface area contributed by atoms with Crippen LogP contribution in [0.4, 0.5) is 17.1 Å². The Morgan fingerprint density at radius 1 is 0.417 bits per heavy atom. The third-order valence-corrected chi connectivity index (χ3v) is 8.91. The number of nitrogens with zero attached hydrogens (tertiary/aromatic N) is 4. The molecule has 4 heteroatoms. The van der Waals surface area contributed by atoms with Crippen LogP contribution in [0.1, 0.15) is 36.1 Å². The molecule has 0 fully saturated rings. The summed E-state index contributed by atoms with van der Waals surface area (Å²) >= 11 is 0. The summed E-state index contributed by atoms with van der Waals surface area (Å²) in [5, 5.41) is 0. The Kier molecular flexibility index (Phi) is 8.39. The zero-order chi connectivity index (χ0) is 33.1. The lowest BCUT2D eigenvalue weighted by atomic mass is 9.73. The Bertz CT molecular complexity index is 2060. The van der Waals surface area contributed by atoms with Crippen LogP contribution in [-0.2, 0) is 5.41 Å². The minimum Gasteiger partial charge on any atom is -0.310 e. The first kappa shape index (κ1) is 30.8. The normalized spacial score (nSPS) is 12.7. The minimum atomic E-state index is 0.00745. The molecule has 2 heterocycles. The first-order valence-corrected chi connectivity index (χ1v) is 16.4. The summed E-state index contributed by atoms with van der Waals surface area (Å²) in [6.07, 6.45) is 0. The third-order valence-electron chi connectivity index (χ3n) is 8.91. The molecule has 1 aliphatic heterocycles. The highest BCUT2D eigenvalue weighted by molar-refractivity contribution is 5.85. The molecule has 0 amide bonds. The van der Waals surface area contributed by atoms with E-state index >= 15 is 0 Å². The second-order valence-electron chi connectivity index (χ2n) is 12.7. The van der Waals surface area contributed by atoms with E-state index in [-0.39, 0.29) is 5.41 Å². The van der Waals surface area contributed by atoms with E-state index in [2.05, 4.69) is 118 Å². The average Bonchev–Trinajstić information content (AvgIpc) is 3.13. The van der Waals surface area contributed by atoms with Gasteiger partial charge in [0, 0.05) is 27.8 Å². The number of aromatic nitrogens is 3. The van der Waals surface area contributed by atoms with Gasteiger partial charge in [0.15, 0.2) is 17.5 Å². The predicted molar refractivity (Wildman–Crippen MR) is 199 cm³/mol. The highest BCUT2D eigenvalue weighted by atomic mass is 15.2. The van der Waals surface area contributed by atoms with Gasteiger partial charge in [-0.05, 0) is 54.8 Å². The smallest absolute Gasteiger partial charge is 0.164 e. The van der Waals surface area contributed by atoms with E-state index in [1.807, 2.05) is 72.8 Å². The summed E-state index contributed by atoms with van der Waals surface area (Å²) in [5.41, 5.74) is 12.0. The quantitative estimate of drug-likeness (QED) is 0.196. The Labute approximate surface area is 283 Å². The van der Waals surface area contributed by atoms with Gasteiger partial charge in [-0.25, -0.2) is 15.0 Å². The van der Waals surface area contributed by atoms with Gasteiger partial charge in [0.05, 0.1) is 11.4 Å². The third kappa shape index (κ3) is 6.13. The van der Waals surface area contributed by atoms with Crippen LogP contribution in [-0.4, -0.2) is 15.0 Å². The molecule has 234 valence electrons. The second kappa shape index (κ2) is 13.1. The SMILES string of the molecule is Cc1ccc(-c2nc(-c3ccccc3)nc(-c3ccccc3)n2)cc1.Cc1cccc(N2c3ccccc3C(C)(C)c3ccccc32)c1. The molecular weight excluding hydrogens is 585 g/mol. The highest BCUT2D eigenvalue weighted by Gasteiger charge is 2.36. The number of aryl methyl sites for hydroxylation is 2. The lowest BCUT2D eigenvalue weighted by Gasteiger charge is -2.42. The van der Waals surface area contributed by atoms with Gasteiger partial charge in [0.25, 0.3) is 0 Å². The van der Waals surface area contributed by atoms with Crippen LogP contribution in [0.25, 0.3) is 34.2 Å². The standard InChI is InChI=1S/C22H17N3.C22H21N/c1-16-12-14-19(15-13-16)22-24-20(17-8-4-2-5-9-17)23-21(25-22)18-10-6-3-7-11-18;1-16-9-8-10-17(15-16)23-20-13-6-4-11-18(20)22(2,3)19-12-5-7-14-21(19)23/h2-15H,1H3;4-15H,1-3H3.